The van der Waals surface area contributed by atoms with Gasteiger partial charge in [-0.05, 0) is 53.7 Å². The van der Waals surface area contributed by atoms with Crippen LogP contribution in [0.15, 0.2) is 48.5 Å². The fraction of sp³-hybridized carbons (Fsp3) is 0.423. The van der Waals surface area contributed by atoms with Gasteiger partial charge in [-0.25, -0.2) is 4.79 Å². The van der Waals surface area contributed by atoms with Gasteiger partial charge in [0.1, 0.15) is 12.6 Å². The van der Waals surface area contributed by atoms with Crippen molar-refractivity contribution in [1.82, 2.24) is 10.6 Å². The quantitative estimate of drug-likeness (QED) is 0.470. The van der Waals surface area contributed by atoms with Crippen molar-refractivity contribution in [3.05, 3.63) is 59.7 Å². The number of hydrogen-bond donors (Lipinski definition) is 3. The summed E-state index contributed by atoms with van der Waals surface area (Å²) in [6.07, 6.45) is 2.28. The van der Waals surface area contributed by atoms with Gasteiger partial charge in [0, 0.05) is 24.1 Å². The molecule has 1 fully saturated rings. The molecule has 0 saturated carbocycles. The van der Waals surface area contributed by atoms with E-state index in [1.165, 1.54) is 6.42 Å². The van der Waals surface area contributed by atoms with E-state index in [4.69, 9.17) is 9.84 Å². The number of thioether (sulfide) groups is 1. The largest absolute Gasteiger partial charge is 0.481 e. The highest BCUT2D eigenvalue weighted by Gasteiger charge is 2.30. The predicted molar refractivity (Wildman–Crippen MR) is 132 cm³/mol. The first-order valence-corrected chi connectivity index (χ1v) is 12.8. The number of alkyl carbamates (subject to hydrolysis) is 1. The number of ether oxygens (including phenoxy) is 1. The number of carbonyl (C=O) groups excluding carboxylic acids is 2. The van der Waals surface area contributed by atoms with Crippen LogP contribution in [0.5, 0.6) is 0 Å². The van der Waals surface area contributed by atoms with Gasteiger partial charge in [-0.2, -0.15) is 11.8 Å². The monoisotopic (exact) mass is 482 g/mol. The van der Waals surface area contributed by atoms with Crippen molar-refractivity contribution in [2.75, 3.05) is 18.9 Å². The first kappa shape index (κ1) is 24.1. The van der Waals surface area contributed by atoms with Gasteiger partial charge in [0.25, 0.3) is 0 Å². The number of carbonyl (C=O) groups is 3. The van der Waals surface area contributed by atoms with E-state index in [1.807, 2.05) is 48.2 Å². The molecule has 7 nitrogen and oxygen atoms in total. The average Bonchev–Trinajstić information content (AvgIpc) is 3.46. The van der Waals surface area contributed by atoms with Gasteiger partial charge in [-0.1, -0.05) is 48.5 Å². The molecule has 3 N–H and O–H groups in total. The lowest BCUT2D eigenvalue weighted by molar-refractivity contribution is -0.137. The zero-order chi connectivity index (χ0) is 23.9. The number of carboxylic acids is 1. The Labute approximate surface area is 203 Å². The Balaban J connectivity index is 1.34. The number of aliphatic carboxylic acids is 1. The highest BCUT2D eigenvalue weighted by Crippen LogP contribution is 2.44. The van der Waals surface area contributed by atoms with Crippen molar-refractivity contribution >= 4 is 29.7 Å². The normalized spacial score (nSPS) is 17.5. The Bertz CT molecular complexity index is 992. The van der Waals surface area contributed by atoms with Crippen LogP contribution in [-0.2, 0) is 14.3 Å². The zero-order valence-corrected chi connectivity index (χ0v) is 19.8. The van der Waals surface area contributed by atoms with Crippen molar-refractivity contribution < 1.29 is 24.2 Å². The highest BCUT2D eigenvalue weighted by atomic mass is 32.2. The first-order chi connectivity index (χ1) is 16.5. The molecule has 1 saturated heterocycles. The summed E-state index contributed by atoms with van der Waals surface area (Å²) in [6.45, 7) is 0.637. The smallest absolute Gasteiger partial charge is 0.407 e. The maximum Gasteiger partial charge on any atom is 0.407 e. The number of carboxylic acid groups (broad SMARTS) is 1. The van der Waals surface area contributed by atoms with Crippen molar-refractivity contribution in [3.8, 4) is 11.1 Å². The van der Waals surface area contributed by atoms with Gasteiger partial charge in [-0.15, -0.1) is 0 Å². The Morgan fingerprint density at radius 1 is 1.06 bits per heavy atom. The molecule has 180 valence electrons. The van der Waals surface area contributed by atoms with Crippen LogP contribution in [0.3, 0.4) is 0 Å². The highest BCUT2D eigenvalue weighted by molar-refractivity contribution is 8.00. The fourth-order valence-corrected chi connectivity index (χ4v) is 5.96. The molecule has 2 unspecified atom stereocenters. The second kappa shape index (κ2) is 11.4. The van der Waals surface area contributed by atoms with Crippen molar-refractivity contribution in [2.24, 2.45) is 0 Å². The minimum atomic E-state index is -1.02. The third-order valence-electron chi connectivity index (χ3n) is 6.39. The number of nitrogens with one attached hydrogen (secondary N) is 2. The molecule has 34 heavy (non-hydrogen) atoms. The maximum absolute atomic E-state index is 12.7. The number of benzene rings is 2. The molecule has 0 radical (unpaired) electrons. The molecule has 2 amide bonds. The SMILES string of the molecule is O=C(O)CCC(NC(=O)OCC1c2ccccc2-c2ccccc21)C(=O)NCCC1CCCS1. The van der Waals surface area contributed by atoms with E-state index in [-0.39, 0.29) is 31.3 Å². The van der Waals surface area contributed by atoms with Crippen LogP contribution >= 0.6 is 11.8 Å². The van der Waals surface area contributed by atoms with Crippen LogP contribution in [0.1, 0.15) is 49.1 Å². The Kier molecular flexibility index (Phi) is 8.11. The predicted octanol–water partition coefficient (Wildman–Crippen LogP) is 4.16. The summed E-state index contributed by atoms with van der Waals surface area (Å²) in [5.41, 5.74) is 4.46. The third kappa shape index (κ3) is 5.91. The van der Waals surface area contributed by atoms with Crippen molar-refractivity contribution in [3.63, 3.8) is 0 Å². The summed E-state index contributed by atoms with van der Waals surface area (Å²) in [5.74, 6) is -0.330. The molecule has 2 atom stereocenters. The zero-order valence-electron chi connectivity index (χ0n) is 19.0. The van der Waals surface area contributed by atoms with Gasteiger partial charge in [0.05, 0.1) is 0 Å². The third-order valence-corrected chi connectivity index (χ3v) is 7.86. The van der Waals surface area contributed by atoms with Crippen LogP contribution in [0, 0.1) is 0 Å². The van der Waals surface area contributed by atoms with E-state index in [0.29, 0.717) is 11.8 Å². The van der Waals surface area contributed by atoms with Crippen molar-refractivity contribution in [2.45, 2.75) is 49.3 Å². The molecule has 1 aliphatic carbocycles. The molecule has 2 aliphatic rings. The molecule has 8 heteroatoms. The van der Waals surface area contributed by atoms with Crippen LogP contribution in [-0.4, -0.2) is 53.3 Å². The average molecular weight is 483 g/mol. The first-order valence-electron chi connectivity index (χ1n) is 11.8. The van der Waals surface area contributed by atoms with Gasteiger partial charge < -0.3 is 20.5 Å². The van der Waals surface area contributed by atoms with E-state index in [0.717, 1.165) is 40.8 Å². The lowest BCUT2D eigenvalue weighted by Gasteiger charge is -2.20. The minimum absolute atomic E-state index is 0.00351. The molecule has 1 aliphatic heterocycles. The maximum atomic E-state index is 12.7. The Morgan fingerprint density at radius 3 is 2.35 bits per heavy atom. The fourth-order valence-electron chi connectivity index (χ4n) is 4.67. The van der Waals surface area contributed by atoms with Crippen LogP contribution in [0.4, 0.5) is 4.79 Å². The second-order valence-electron chi connectivity index (χ2n) is 8.67. The summed E-state index contributed by atoms with van der Waals surface area (Å²) in [5, 5.41) is 15.0. The molecular formula is C26H30N2O5S. The Morgan fingerprint density at radius 2 is 1.74 bits per heavy atom. The van der Waals surface area contributed by atoms with Gasteiger partial charge in [-0.3, -0.25) is 9.59 Å². The van der Waals surface area contributed by atoms with Gasteiger partial charge in [0.15, 0.2) is 0 Å². The molecule has 1 heterocycles. The second-order valence-corrected chi connectivity index (χ2v) is 10.1. The minimum Gasteiger partial charge on any atom is -0.481 e. The van der Waals surface area contributed by atoms with E-state index >= 15 is 0 Å². The number of amides is 2. The van der Waals surface area contributed by atoms with E-state index in [2.05, 4.69) is 22.8 Å². The summed E-state index contributed by atoms with van der Waals surface area (Å²) in [4.78, 5) is 36.3. The molecule has 0 bridgehead atoms. The number of fused-ring (bicyclic) bond motifs is 3. The molecule has 2 aromatic rings. The van der Waals surface area contributed by atoms with Gasteiger partial charge in [0.2, 0.25) is 5.91 Å². The molecule has 0 spiro atoms. The lowest BCUT2D eigenvalue weighted by atomic mass is 9.98. The molecule has 4 rings (SSSR count). The van der Waals surface area contributed by atoms with E-state index in [1.54, 1.807) is 0 Å². The molecule has 2 aromatic carbocycles. The topological polar surface area (TPSA) is 105 Å². The van der Waals surface area contributed by atoms with Crippen LogP contribution in [0.25, 0.3) is 11.1 Å². The van der Waals surface area contributed by atoms with Crippen molar-refractivity contribution in [1.29, 1.82) is 0 Å². The van der Waals surface area contributed by atoms with Crippen LogP contribution < -0.4 is 10.6 Å². The molecular weight excluding hydrogens is 452 g/mol. The van der Waals surface area contributed by atoms with E-state index in [9.17, 15) is 14.4 Å². The summed E-state index contributed by atoms with van der Waals surface area (Å²) >= 11 is 1.92. The summed E-state index contributed by atoms with van der Waals surface area (Å²) in [7, 11) is 0. The van der Waals surface area contributed by atoms with Gasteiger partial charge >= 0.3 is 12.1 Å². The lowest BCUT2D eigenvalue weighted by Crippen LogP contribution is -2.47. The molecule has 0 aromatic heterocycles. The summed E-state index contributed by atoms with van der Waals surface area (Å²) in [6, 6.07) is 15.1. The van der Waals surface area contributed by atoms with E-state index < -0.39 is 18.1 Å². The summed E-state index contributed by atoms with van der Waals surface area (Å²) < 4.78 is 5.53. The number of rotatable bonds is 10. The Hall–Kier alpha value is -3.00. The number of hydrogen-bond acceptors (Lipinski definition) is 5. The standard InChI is InChI=1S/C26H30N2O5S/c29-24(30)12-11-23(25(31)27-14-13-17-6-5-15-34-17)28-26(32)33-16-22-20-9-3-1-7-18(20)19-8-2-4-10-21(19)22/h1-4,7-10,17,22-23H,5-6,11-16H2,(H,27,31)(H,28,32)(H,29,30). The van der Waals surface area contributed by atoms with Crippen LogP contribution in [0.2, 0.25) is 0 Å².